The van der Waals surface area contributed by atoms with Crippen molar-refractivity contribution in [3.63, 3.8) is 0 Å². The Kier molecular flexibility index (Phi) is 7.69. The number of carbonyl (C=O) groups excluding carboxylic acids is 1. The Balaban J connectivity index is 1.95. The van der Waals surface area contributed by atoms with Crippen LogP contribution in [0, 0.1) is 10.1 Å². The maximum atomic E-state index is 12.5. The fraction of sp³-hybridized carbons (Fsp3) is 0.263. The molecule has 0 saturated heterocycles. The van der Waals surface area contributed by atoms with Gasteiger partial charge in [-0.3, -0.25) is 20.2 Å². The highest BCUT2D eigenvalue weighted by molar-refractivity contribution is 7.80. The van der Waals surface area contributed by atoms with Crippen molar-refractivity contribution in [2.75, 3.05) is 11.9 Å². The first-order chi connectivity index (χ1) is 13.0. The molecule has 0 aliphatic rings. The van der Waals surface area contributed by atoms with Crippen LogP contribution in [0.3, 0.4) is 0 Å². The van der Waals surface area contributed by atoms with Crippen molar-refractivity contribution in [3.05, 3.63) is 64.2 Å². The zero-order valence-electron chi connectivity index (χ0n) is 14.9. The molecule has 0 heterocycles. The number of unbranched alkanes of at least 4 members (excludes halogenated alkanes) is 2. The van der Waals surface area contributed by atoms with Crippen LogP contribution in [0.1, 0.15) is 36.5 Å². The van der Waals surface area contributed by atoms with E-state index in [1.54, 1.807) is 24.3 Å². The van der Waals surface area contributed by atoms with E-state index in [-0.39, 0.29) is 16.7 Å². The standard InChI is InChI=1S/C19H21N3O4S/c1-2-3-6-13-26-17-8-5-4-7-16(17)18(23)21-19(27)20-14-9-11-15(12-10-14)22(24)25/h4-5,7-12H,2-3,6,13H2,1H3,(H2,20,21,23,27). The van der Waals surface area contributed by atoms with Crippen LogP contribution in [0.4, 0.5) is 11.4 Å². The smallest absolute Gasteiger partial charge is 0.269 e. The molecule has 0 atom stereocenters. The highest BCUT2D eigenvalue weighted by Gasteiger charge is 2.14. The monoisotopic (exact) mass is 387 g/mol. The van der Waals surface area contributed by atoms with Gasteiger partial charge in [0.05, 0.1) is 17.1 Å². The number of para-hydroxylation sites is 1. The maximum absolute atomic E-state index is 12.5. The average molecular weight is 387 g/mol. The van der Waals surface area contributed by atoms with E-state index in [1.165, 1.54) is 24.3 Å². The Hall–Kier alpha value is -3.00. The summed E-state index contributed by atoms with van der Waals surface area (Å²) in [6, 6.07) is 12.7. The lowest BCUT2D eigenvalue weighted by Gasteiger charge is -2.13. The minimum atomic E-state index is -0.485. The third-order valence-electron chi connectivity index (χ3n) is 3.70. The Bertz CT molecular complexity index is 809. The molecule has 2 rings (SSSR count). The van der Waals surface area contributed by atoms with Crippen LogP contribution in [0.5, 0.6) is 5.75 Å². The molecule has 0 saturated carbocycles. The molecule has 0 aliphatic heterocycles. The van der Waals surface area contributed by atoms with Gasteiger partial charge < -0.3 is 10.1 Å². The first-order valence-corrected chi connectivity index (χ1v) is 9.00. The van der Waals surface area contributed by atoms with Crippen LogP contribution < -0.4 is 15.4 Å². The fourth-order valence-electron chi connectivity index (χ4n) is 2.31. The highest BCUT2D eigenvalue weighted by Crippen LogP contribution is 2.19. The molecular formula is C19H21N3O4S. The number of nitrogens with one attached hydrogen (secondary N) is 2. The summed E-state index contributed by atoms with van der Waals surface area (Å²) in [7, 11) is 0. The number of ether oxygens (including phenoxy) is 1. The van der Waals surface area contributed by atoms with Crippen molar-refractivity contribution < 1.29 is 14.5 Å². The van der Waals surface area contributed by atoms with Gasteiger partial charge in [0, 0.05) is 17.8 Å². The molecule has 0 spiro atoms. The number of hydrogen-bond donors (Lipinski definition) is 2. The van der Waals surface area contributed by atoms with E-state index in [0.29, 0.717) is 23.6 Å². The van der Waals surface area contributed by atoms with Gasteiger partial charge in [0.1, 0.15) is 5.75 Å². The number of nitro groups is 1. The summed E-state index contributed by atoms with van der Waals surface area (Å²) in [6.07, 6.45) is 3.08. The third kappa shape index (κ3) is 6.34. The zero-order valence-corrected chi connectivity index (χ0v) is 15.8. The van der Waals surface area contributed by atoms with Gasteiger partial charge in [-0.2, -0.15) is 0 Å². The second-order valence-corrected chi connectivity index (χ2v) is 6.17. The van der Waals surface area contributed by atoms with E-state index in [0.717, 1.165) is 19.3 Å². The number of rotatable bonds is 8. The molecule has 142 valence electrons. The summed E-state index contributed by atoms with van der Waals surface area (Å²) in [5.41, 5.74) is 0.904. The van der Waals surface area contributed by atoms with Crippen molar-refractivity contribution in [2.45, 2.75) is 26.2 Å². The van der Waals surface area contributed by atoms with Crippen molar-refractivity contribution >= 4 is 34.6 Å². The van der Waals surface area contributed by atoms with Crippen LogP contribution >= 0.6 is 12.2 Å². The molecular weight excluding hydrogens is 366 g/mol. The van der Waals surface area contributed by atoms with Gasteiger partial charge in [-0.15, -0.1) is 0 Å². The van der Waals surface area contributed by atoms with Crippen molar-refractivity contribution in [3.8, 4) is 5.75 Å². The number of non-ortho nitro benzene ring substituents is 1. The topological polar surface area (TPSA) is 93.5 Å². The molecule has 2 aromatic carbocycles. The first-order valence-electron chi connectivity index (χ1n) is 8.60. The quantitative estimate of drug-likeness (QED) is 0.304. The Labute approximate surface area is 162 Å². The van der Waals surface area contributed by atoms with Gasteiger partial charge in [0.25, 0.3) is 11.6 Å². The summed E-state index contributed by atoms with van der Waals surface area (Å²) in [5.74, 6) is 0.116. The number of anilines is 1. The second-order valence-electron chi connectivity index (χ2n) is 5.76. The predicted molar refractivity (Wildman–Crippen MR) is 108 cm³/mol. The van der Waals surface area contributed by atoms with Gasteiger partial charge in [0.2, 0.25) is 0 Å². The van der Waals surface area contributed by atoms with Crippen LogP contribution in [-0.4, -0.2) is 22.5 Å². The highest BCUT2D eigenvalue weighted by atomic mass is 32.1. The lowest BCUT2D eigenvalue weighted by atomic mass is 10.2. The summed E-state index contributed by atoms with van der Waals surface area (Å²) in [5, 5.41) is 16.2. The number of amides is 1. The summed E-state index contributed by atoms with van der Waals surface area (Å²) >= 11 is 5.14. The number of carbonyl (C=O) groups is 1. The molecule has 0 unspecified atom stereocenters. The van der Waals surface area contributed by atoms with E-state index in [1.807, 2.05) is 0 Å². The van der Waals surface area contributed by atoms with E-state index in [4.69, 9.17) is 17.0 Å². The molecule has 27 heavy (non-hydrogen) atoms. The Morgan fingerprint density at radius 3 is 2.52 bits per heavy atom. The Morgan fingerprint density at radius 2 is 1.85 bits per heavy atom. The number of benzene rings is 2. The van der Waals surface area contributed by atoms with Gasteiger partial charge in [-0.05, 0) is 42.9 Å². The predicted octanol–water partition coefficient (Wildman–Crippen LogP) is 4.29. The molecule has 2 N–H and O–H groups in total. The largest absolute Gasteiger partial charge is 0.493 e. The van der Waals surface area contributed by atoms with Crippen molar-refractivity contribution in [2.24, 2.45) is 0 Å². The van der Waals surface area contributed by atoms with Crippen molar-refractivity contribution in [1.29, 1.82) is 0 Å². The minimum absolute atomic E-state index is 0.0235. The molecule has 8 heteroatoms. The molecule has 7 nitrogen and oxygen atoms in total. The average Bonchev–Trinajstić information content (AvgIpc) is 2.66. The van der Waals surface area contributed by atoms with E-state index < -0.39 is 4.92 Å². The number of nitro benzene ring substituents is 1. The number of nitrogens with zero attached hydrogens (tertiary/aromatic N) is 1. The van der Waals surface area contributed by atoms with Crippen LogP contribution in [0.15, 0.2) is 48.5 Å². The van der Waals surface area contributed by atoms with E-state index >= 15 is 0 Å². The summed E-state index contributed by atoms with van der Waals surface area (Å²) in [4.78, 5) is 22.7. The SMILES string of the molecule is CCCCCOc1ccccc1C(=O)NC(=S)Nc1ccc([N+](=O)[O-])cc1. The minimum Gasteiger partial charge on any atom is -0.493 e. The molecule has 0 aliphatic carbocycles. The van der Waals surface area contributed by atoms with Gasteiger partial charge in [-0.1, -0.05) is 31.9 Å². The lowest BCUT2D eigenvalue weighted by molar-refractivity contribution is -0.384. The summed E-state index contributed by atoms with van der Waals surface area (Å²) < 4.78 is 5.71. The number of thiocarbonyl (C=S) groups is 1. The third-order valence-corrected chi connectivity index (χ3v) is 3.90. The zero-order chi connectivity index (χ0) is 19.6. The lowest BCUT2D eigenvalue weighted by Crippen LogP contribution is -2.34. The van der Waals surface area contributed by atoms with Gasteiger partial charge >= 0.3 is 0 Å². The van der Waals surface area contributed by atoms with Crippen LogP contribution in [-0.2, 0) is 0 Å². The maximum Gasteiger partial charge on any atom is 0.269 e. The van der Waals surface area contributed by atoms with Gasteiger partial charge in [-0.25, -0.2) is 0 Å². The second kappa shape index (κ2) is 10.2. The molecule has 0 fully saturated rings. The van der Waals surface area contributed by atoms with Crippen LogP contribution in [0.25, 0.3) is 0 Å². The molecule has 0 bridgehead atoms. The fourth-order valence-corrected chi connectivity index (χ4v) is 2.52. The Morgan fingerprint density at radius 1 is 1.15 bits per heavy atom. The van der Waals surface area contributed by atoms with Crippen LogP contribution in [0.2, 0.25) is 0 Å². The van der Waals surface area contributed by atoms with Gasteiger partial charge in [0.15, 0.2) is 5.11 Å². The molecule has 0 radical (unpaired) electrons. The molecule has 1 amide bonds. The normalized spacial score (nSPS) is 10.1. The number of hydrogen-bond acceptors (Lipinski definition) is 5. The summed E-state index contributed by atoms with van der Waals surface area (Å²) in [6.45, 7) is 2.66. The first kappa shape index (κ1) is 20.3. The van der Waals surface area contributed by atoms with Crippen molar-refractivity contribution in [1.82, 2.24) is 5.32 Å². The molecule has 0 aromatic heterocycles. The van der Waals surface area contributed by atoms with E-state index in [9.17, 15) is 14.9 Å². The van der Waals surface area contributed by atoms with E-state index in [2.05, 4.69) is 17.6 Å². The molecule has 2 aromatic rings.